The van der Waals surface area contributed by atoms with Gasteiger partial charge in [0.2, 0.25) is 0 Å². The summed E-state index contributed by atoms with van der Waals surface area (Å²) < 4.78 is 0. The molecule has 1 rings (SSSR count). The minimum absolute atomic E-state index is 0.200. The number of rotatable bonds is 2. The highest BCUT2D eigenvalue weighted by atomic mass is 16.3. The van der Waals surface area contributed by atoms with Gasteiger partial charge in [-0.2, -0.15) is 0 Å². The number of hydrogen-bond donors (Lipinski definition) is 1. The van der Waals surface area contributed by atoms with Crippen molar-refractivity contribution < 1.29 is 9.90 Å². The largest absolute Gasteiger partial charge is 0.393 e. The van der Waals surface area contributed by atoms with Gasteiger partial charge < -0.3 is 5.11 Å². The van der Waals surface area contributed by atoms with E-state index in [1.54, 1.807) is 0 Å². The molecule has 0 aromatic heterocycles. The molecule has 0 spiro atoms. The summed E-state index contributed by atoms with van der Waals surface area (Å²) >= 11 is 0. The number of hydrogen-bond acceptors (Lipinski definition) is 2. The van der Waals surface area contributed by atoms with Crippen LogP contribution in [-0.4, -0.2) is 17.5 Å². The van der Waals surface area contributed by atoms with Crippen LogP contribution in [-0.2, 0) is 4.79 Å². The van der Waals surface area contributed by atoms with Gasteiger partial charge in [0, 0.05) is 6.42 Å². The Morgan fingerprint density at radius 3 is 2.70 bits per heavy atom. The van der Waals surface area contributed by atoms with E-state index < -0.39 is 0 Å². The van der Waals surface area contributed by atoms with Gasteiger partial charge in [-0.3, -0.25) is 4.79 Å². The van der Waals surface area contributed by atoms with E-state index in [-0.39, 0.29) is 12.0 Å². The van der Waals surface area contributed by atoms with Crippen molar-refractivity contribution in [2.75, 3.05) is 0 Å². The summed E-state index contributed by atoms with van der Waals surface area (Å²) in [5, 5.41) is 9.32. The Bertz CT molecular complexity index is 112. The van der Waals surface area contributed by atoms with Gasteiger partial charge in [0.15, 0.2) is 6.29 Å². The summed E-state index contributed by atoms with van der Waals surface area (Å²) in [6.07, 6.45) is 6.16. The first-order chi connectivity index (χ1) is 4.84. The molecule has 0 aromatic rings. The molecule has 1 saturated carbocycles. The molecule has 0 amide bonds. The minimum Gasteiger partial charge on any atom is -0.393 e. The van der Waals surface area contributed by atoms with Crippen molar-refractivity contribution in [3.8, 4) is 0 Å². The second kappa shape index (κ2) is 3.71. The van der Waals surface area contributed by atoms with Gasteiger partial charge in [-0.15, -0.1) is 0 Å². The van der Waals surface area contributed by atoms with Crippen molar-refractivity contribution in [2.24, 2.45) is 5.92 Å². The smallest absolute Gasteiger partial charge is 0.198 e. The lowest BCUT2D eigenvalue weighted by molar-refractivity contribution is 0.0732. The topological polar surface area (TPSA) is 37.3 Å². The van der Waals surface area contributed by atoms with Crippen LogP contribution in [0.15, 0.2) is 0 Å². The average Bonchev–Trinajstić information content (AvgIpc) is 1.94. The molecule has 0 bridgehead atoms. The molecule has 0 aromatic carbocycles. The molecule has 1 fully saturated rings. The van der Waals surface area contributed by atoms with Crippen LogP contribution in [0.1, 0.15) is 32.1 Å². The van der Waals surface area contributed by atoms with Crippen LogP contribution in [0.4, 0.5) is 0 Å². The normalized spacial score (nSPS) is 33.7. The van der Waals surface area contributed by atoms with E-state index in [2.05, 4.69) is 0 Å². The van der Waals surface area contributed by atoms with E-state index >= 15 is 0 Å². The van der Waals surface area contributed by atoms with Crippen molar-refractivity contribution in [3.63, 3.8) is 0 Å². The highest BCUT2D eigenvalue weighted by Crippen LogP contribution is 2.25. The molecule has 10 heavy (non-hydrogen) atoms. The molecule has 0 saturated heterocycles. The van der Waals surface area contributed by atoms with E-state index in [1.807, 2.05) is 6.29 Å². The van der Waals surface area contributed by atoms with Crippen LogP contribution in [0.25, 0.3) is 0 Å². The zero-order valence-electron chi connectivity index (χ0n) is 6.05. The van der Waals surface area contributed by atoms with Gasteiger partial charge >= 0.3 is 0 Å². The van der Waals surface area contributed by atoms with Crippen LogP contribution in [0.2, 0.25) is 0 Å². The first-order valence-electron chi connectivity index (χ1n) is 3.87. The number of carbonyl (C=O) groups excluding carboxylic acids is 1. The predicted octanol–water partition coefficient (Wildman–Crippen LogP) is 1.04. The van der Waals surface area contributed by atoms with E-state index in [0.717, 1.165) is 25.7 Å². The van der Waals surface area contributed by atoms with Crippen LogP contribution in [0, 0.1) is 5.92 Å². The second-order valence-electron chi connectivity index (χ2n) is 2.96. The maximum atomic E-state index is 9.98. The molecular formula is C8H13O2. The van der Waals surface area contributed by atoms with Crippen molar-refractivity contribution in [1.82, 2.24) is 0 Å². The molecule has 2 unspecified atom stereocenters. The lowest BCUT2D eigenvalue weighted by Crippen LogP contribution is -2.24. The number of aliphatic hydroxyl groups excluding tert-OH is 1. The molecular weight excluding hydrogens is 128 g/mol. The quantitative estimate of drug-likeness (QED) is 0.623. The van der Waals surface area contributed by atoms with Crippen molar-refractivity contribution in [2.45, 2.75) is 38.2 Å². The monoisotopic (exact) mass is 141 g/mol. The van der Waals surface area contributed by atoms with Gasteiger partial charge in [0.1, 0.15) is 0 Å². The van der Waals surface area contributed by atoms with E-state index in [0.29, 0.717) is 6.42 Å². The SMILES string of the molecule is O=[C]CC1CCCCC1O. The Hall–Kier alpha value is -0.370. The first-order valence-corrected chi connectivity index (χ1v) is 3.87. The molecule has 0 aliphatic heterocycles. The van der Waals surface area contributed by atoms with Crippen LogP contribution < -0.4 is 0 Å². The van der Waals surface area contributed by atoms with Crippen molar-refractivity contribution in [3.05, 3.63) is 0 Å². The van der Waals surface area contributed by atoms with Crippen LogP contribution in [0.5, 0.6) is 0 Å². The fourth-order valence-electron chi connectivity index (χ4n) is 1.53. The second-order valence-corrected chi connectivity index (χ2v) is 2.96. The molecule has 57 valence electrons. The van der Waals surface area contributed by atoms with Crippen molar-refractivity contribution >= 4 is 6.29 Å². The fraction of sp³-hybridized carbons (Fsp3) is 0.875. The van der Waals surface area contributed by atoms with E-state index in [4.69, 9.17) is 0 Å². The maximum absolute atomic E-state index is 9.98. The first kappa shape index (κ1) is 7.73. The Kier molecular flexibility index (Phi) is 2.87. The third kappa shape index (κ3) is 1.81. The maximum Gasteiger partial charge on any atom is 0.198 e. The summed E-state index contributed by atoms with van der Waals surface area (Å²) in [4.78, 5) is 9.98. The molecule has 2 atom stereocenters. The molecule has 1 aliphatic carbocycles. The van der Waals surface area contributed by atoms with Crippen molar-refractivity contribution in [1.29, 1.82) is 0 Å². The summed E-state index contributed by atoms with van der Waals surface area (Å²) in [5.74, 6) is 0.200. The summed E-state index contributed by atoms with van der Waals surface area (Å²) in [6, 6.07) is 0. The van der Waals surface area contributed by atoms with Crippen LogP contribution in [0.3, 0.4) is 0 Å². The highest BCUT2D eigenvalue weighted by Gasteiger charge is 2.22. The lowest BCUT2D eigenvalue weighted by atomic mass is 9.85. The molecule has 1 radical (unpaired) electrons. The van der Waals surface area contributed by atoms with Gasteiger partial charge in [0.05, 0.1) is 6.10 Å². The molecule has 0 heterocycles. The predicted molar refractivity (Wildman–Crippen MR) is 38.3 cm³/mol. The zero-order valence-corrected chi connectivity index (χ0v) is 6.05. The van der Waals surface area contributed by atoms with Gasteiger partial charge in [-0.05, 0) is 18.8 Å². The number of aliphatic hydroxyl groups is 1. The van der Waals surface area contributed by atoms with Gasteiger partial charge in [0.25, 0.3) is 0 Å². The van der Waals surface area contributed by atoms with Gasteiger partial charge in [-0.25, -0.2) is 0 Å². The summed E-state index contributed by atoms with van der Waals surface area (Å²) in [6.45, 7) is 0. The summed E-state index contributed by atoms with van der Waals surface area (Å²) in [7, 11) is 0. The standard InChI is InChI=1S/C8H13O2/c9-6-5-7-3-1-2-4-8(7)10/h7-8,10H,1-5H2. The highest BCUT2D eigenvalue weighted by molar-refractivity contribution is 5.50. The third-order valence-electron chi connectivity index (χ3n) is 2.21. The zero-order chi connectivity index (χ0) is 7.40. The Labute approximate surface area is 61.2 Å². The van der Waals surface area contributed by atoms with Gasteiger partial charge in [-0.1, -0.05) is 12.8 Å². The lowest BCUT2D eigenvalue weighted by Gasteiger charge is -2.25. The summed E-state index contributed by atoms with van der Waals surface area (Å²) in [5.41, 5.74) is 0. The molecule has 1 N–H and O–H groups in total. The molecule has 2 nitrogen and oxygen atoms in total. The Morgan fingerprint density at radius 1 is 1.40 bits per heavy atom. The Balaban J connectivity index is 2.32. The fourth-order valence-corrected chi connectivity index (χ4v) is 1.53. The molecule has 1 aliphatic rings. The molecule has 2 heteroatoms. The Morgan fingerprint density at radius 2 is 2.10 bits per heavy atom. The van der Waals surface area contributed by atoms with Crippen LogP contribution >= 0.6 is 0 Å². The average molecular weight is 141 g/mol. The third-order valence-corrected chi connectivity index (χ3v) is 2.21. The minimum atomic E-state index is -0.241. The van der Waals surface area contributed by atoms with E-state index in [1.165, 1.54) is 0 Å². The van der Waals surface area contributed by atoms with E-state index in [9.17, 15) is 9.90 Å².